The van der Waals surface area contributed by atoms with E-state index in [4.69, 9.17) is 10.4 Å². The van der Waals surface area contributed by atoms with Crippen LogP contribution in [0.25, 0.3) is 0 Å². The summed E-state index contributed by atoms with van der Waals surface area (Å²) in [6.07, 6.45) is -1.46. The van der Waals surface area contributed by atoms with Crippen LogP contribution in [0.2, 0.25) is 0 Å². The summed E-state index contributed by atoms with van der Waals surface area (Å²) in [7, 11) is 0. The Labute approximate surface area is 143 Å². The van der Waals surface area contributed by atoms with Crippen LogP contribution in [-0.2, 0) is 14.4 Å². The third-order valence-electron chi connectivity index (χ3n) is 3.91. The van der Waals surface area contributed by atoms with Gasteiger partial charge in [0.2, 0.25) is 11.8 Å². The summed E-state index contributed by atoms with van der Waals surface area (Å²) in [6.45, 7) is 3.91. The Balaban J connectivity index is 2.77. The summed E-state index contributed by atoms with van der Waals surface area (Å²) in [6, 6.07) is 3.87. The number of amides is 4. The number of nitriles is 1. The fraction of sp³-hybridized carbons (Fsp3) is 0.312. The van der Waals surface area contributed by atoms with Crippen molar-refractivity contribution in [3.8, 4) is 6.07 Å². The Morgan fingerprint density at radius 1 is 1.20 bits per heavy atom. The molecule has 0 unspecified atom stereocenters. The van der Waals surface area contributed by atoms with Crippen molar-refractivity contribution in [1.82, 2.24) is 5.32 Å². The standard InChI is InChI=1S/C16H16N4O5/c1-8-14(18-16(24)25)15(23)20(10(3)22)12-5-4-11(7-17)6-13(12)19(8)9(2)21/h4-6,8,14,18H,1-3H3,(H,24,25)/t8-,14-/m0/s1. The number of fused-ring (bicyclic) bond motifs is 1. The summed E-state index contributed by atoms with van der Waals surface area (Å²) < 4.78 is 0. The van der Waals surface area contributed by atoms with Gasteiger partial charge in [-0.15, -0.1) is 0 Å². The molecule has 1 aliphatic heterocycles. The molecule has 9 heteroatoms. The Morgan fingerprint density at radius 2 is 1.84 bits per heavy atom. The second-order valence-corrected chi connectivity index (χ2v) is 5.56. The zero-order valence-electron chi connectivity index (χ0n) is 13.8. The molecule has 2 atom stereocenters. The highest BCUT2D eigenvalue weighted by Crippen LogP contribution is 2.36. The molecule has 9 nitrogen and oxygen atoms in total. The maximum absolute atomic E-state index is 12.8. The highest BCUT2D eigenvalue weighted by atomic mass is 16.4. The SMILES string of the molecule is CC(=O)N1C(=O)[C@@H](NC(=O)O)[C@H](C)N(C(C)=O)c2cc(C#N)ccc21. The number of hydrogen-bond acceptors (Lipinski definition) is 5. The molecule has 1 aliphatic rings. The van der Waals surface area contributed by atoms with Gasteiger partial charge in [0.15, 0.2) is 0 Å². The molecule has 1 aromatic carbocycles. The number of benzene rings is 1. The van der Waals surface area contributed by atoms with Crippen LogP contribution in [0.15, 0.2) is 18.2 Å². The molecule has 130 valence electrons. The number of nitrogens with zero attached hydrogens (tertiary/aromatic N) is 3. The van der Waals surface area contributed by atoms with Crippen LogP contribution in [0.5, 0.6) is 0 Å². The molecule has 1 heterocycles. The molecule has 0 saturated heterocycles. The van der Waals surface area contributed by atoms with Crippen molar-refractivity contribution in [1.29, 1.82) is 5.26 Å². The molecule has 1 aromatic rings. The fourth-order valence-electron chi connectivity index (χ4n) is 2.90. The van der Waals surface area contributed by atoms with Gasteiger partial charge in [-0.25, -0.2) is 9.69 Å². The molecule has 4 amide bonds. The van der Waals surface area contributed by atoms with E-state index in [9.17, 15) is 19.2 Å². The quantitative estimate of drug-likeness (QED) is 0.776. The minimum absolute atomic E-state index is 0.119. The van der Waals surface area contributed by atoms with Crippen molar-refractivity contribution in [2.75, 3.05) is 9.80 Å². The number of carbonyl (C=O) groups excluding carboxylic acids is 3. The van der Waals surface area contributed by atoms with E-state index < -0.39 is 35.9 Å². The highest BCUT2D eigenvalue weighted by Gasteiger charge is 2.42. The minimum atomic E-state index is -1.46. The first-order valence-corrected chi connectivity index (χ1v) is 7.37. The van der Waals surface area contributed by atoms with Gasteiger partial charge in [0.05, 0.1) is 29.0 Å². The Morgan fingerprint density at radius 3 is 2.32 bits per heavy atom. The normalized spacial score (nSPS) is 19.5. The van der Waals surface area contributed by atoms with Crippen molar-refractivity contribution >= 4 is 35.2 Å². The lowest BCUT2D eigenvalue weighted by atomic mass is 10.1. The van der Waals surface area contributed by atoms with Crippen LogP contribution in [0, 0.1) is 11.3 Å². The number of rotatable bonds is 1. The number of hydrogen-bond donors (Lipinski definition) is 2. The number of anilines is 2. The molecule has 0 spiro atoms. The maximum Gasteiger partial charge on any atom is 0.405 e. The molecule has 2 rings (SSSR count). The van der Waals surface area contributed by atoms with Gasteiger partial charge in [0.1, 0.15) is 6.04 Å². The van der Waals surface area contributed by atoms with E-state index in [1.165, 1.54) is 36.9 Å². The number of nitrogens with one attached hydrogen (secondary N) is 1. The summed E-state index contributed by atoms with van der Waals surface area (Å²) in [5.74, 6) is -1.89. The first kappa shape index (κ1) is 17.9. The van der Waals surface area contributed by atoms with Gasteiger partial charge in [-0.3, -0.25) is 14.4 Å². The van der Waals surface area contributed by atoms with E-state index in [1.54, 1.807) is 0 Å². The maximum atomic E-state index is 12.8. The van der Waals surface area contributed by atoms with Crippen LogP contribution in [0.3, 0.4) is 0 Å². The highest BCUT2D eigenvalue weighted by molar-refractivity contribution is 6.20. The van der Waals surface area contributed by atoms with Crippen LogP contribution in [0.1, 0.15) is 26.3 Å². The summed E-state index contributed by atoms with van der Waals surface area (Å²) in [4.78, 5) is 50.1. The average Bonchev–Trinajstić information content (AvgIpc) is 2.60. The Bertz CT molecular complexity index is 813. The van der Waals surface area contributed by atoms with Crippen molar-refractivity contribution < 1.29 is 24.3 Å². The molecule has 0 bridgehead atoms. The Kier molecular flexibility index (Phi) is 4.74. The van der Waals surface area contributed by atoms with Gasteiger partial charge in [0, 0.05) is 13.8 Å². The molecule has 0 fully saturated rings. The van der Waals surface area contributed by atoms with E-state index >= 15 is 0 Å². The summed E-state index contributed by atoms with van der Waals surface area (Å²) in [5, 5.41) is 20.2. The van der Waals surface area contributed by atoms with Gasteiger partial charge in [-0.2, -0.15) is 5.26 Å². The van der Waals surface area contributed by atoms with Crippen molar-refractivity contribution in [2.45, 2.75) is 32.9 Å². The topological polar surface area (TPSA) is 131 Å². The third kappa shape index (κ3) is 3.14. The third-order valence-corrected chi connectivity index (χ3v) is 3.91. The predicted octanol–water partition coefficient (Wildman–Crippen LogP) is 0.829. The minimum Gasteiger partial charge on any atom is -0.465 e. The molecular weight excluding hydrogens is 328 g/mol. The van der Waals surface area contributed by atoms with Crippen molar-refractivity contribution in [3.63, 3.8) is 0 Å². The average molecular weight is 344 g/mol. The van der Waals surface area contributed by atoms with E-state index in [0.717, 1.165) is 11.8 Å². The Hall–Kier alpha value is -3.41. The molecular formula is C16H16N4O5. The number of carbonyl (C=O) groups is 4. The van der Waals surface area contributed by atoms with Gasteiger partial charge < -0.3 is 15.3 Å². The monoisotopic (exact) mass is 344 g/mol. The number of carboxylic acid groups (broad SMARTS) is 1. The van der Waals surface area contributed by atoms with Crippen LogP contribution in [0.4, 0.5) is 16.2 Å². The lowest BCUT2D eigenvalue weighted by Gasteiger charge is -2.30. The molecule has 0 saturated carbocycles. The van der Waals surface area contributed by atoms with Gasteiger partial charge in [-0.1, -0.05) is 0 Å². The summed E-state index contributed by atoms with van der Waals surface area (Å²) >= 11 is 0. The molecule has 0 aromatic heterocycles. The van der Waals surface area contributed by atoms with Crippen molar-refractivity contribution in [3.05, 3.63) is 23.8 Å². The van der Waals surface area contributed by atoms with Crippen LogP contribution < -0.4 is 15.1 Å². The van der Waals surface area contributed by atoms with Crippen LogP contribution >= 0.6 is 0 Å². The molecule has 0 radical (unpaired) electrons. The van der Waals surface area contributed by atoms with Crippen molar-refractivity contribution in [2.24, 2.45) is 0 Å². The number of imide groups is 1. The first-order chi connectivity index (χ1) is 11.7. The first-order valence-electron chi connectivity index (χ1n) is 7.37. The molecule has 25 heavy (non-hydrogen) atoms. The van der Waals surface area contributed by atoms with E-state index in [-0.39, 0.29) is 16.9 Å². The van der Waals surface area contributed by atoms with E-state index in [1.807, 2.05) is 6.07 Å². The lowest BCUT2D eigenvalue weighted by Crippen LogP contribution is -2.57. The second kappa shape index (κ2) is 6.60. The van der Waals surface area contributed by atoms with E-state index in [0.29, 0.717) is 0 Å². The molecule has 0 aliphatic carbocycles. The lowest BCUT2D eigenvalue weighted by molar-refractivity contribution is -0.126. The fourth-order valence-corrected chi connectivity index (χ4v) is 2.90. The summed E-state index contributed by atoms with van der Waals surface area (Å²) in [5.41, 5.74) is 0.545. The van der Waals surface area contributed by atoms with Crippen LogP contribution in [-0.4, -0.2) is 41.0 Å². The smallest absolute Gasteiger partial charge is 0.405 e. The van der Waals surface area contributed by atoms with Gasteiger partial charge in [-0.05, 0) is 25.1 Å². The zero-order valence-corrected chi connectivity index (χ0v) is 13.8. The largest absolute Gasteiger partial charge is 0.465 e. The van der Waals surface area contributed by atoms with E-state index in [2.05, 4.69) is 5.32 Å². The zero-order chi connectivity index (χ0) is 18.9. The predicted molar refractivity (Wildman–Crippen MR) is 86.9 cm³/mol. The van der Waals surface area contributed by atoms with Gasteiger partial charge in [0.25, 0.3) is 5.91 Å². The molecule has 2 N–H and O–H groups in total. The second-order valence-electron chi connectivity index (χ2n) is 5.56. The van der Waals surface area contributed by atoms with Gasteiger partial charge >= 0.3 is 6.09 Å².